The Bertz CT molecular complexity index is 913. The zero-order chi connectivity index (χ0) is 17.1. The summed E-state index contributed by atoms with van der Waals surface area (Å²) in [4.78, 5) is 14.8. The summed E-state index contributed by atoms with van der Waals surface area (Å²) >= 11 is 0. The van der Waals surface area contributed by atoms with Gasteiger partial charge in [-0.2, -0.15) is 0 Å². The number of fused-ring (bicyclic) bond motifs is 1. The largest absolute Gasteiger partial charge is 0.304 e. The first-order valence-electron chi connectivity index (χ1n) is 8.52. The Labute approximate surface area is 148 Å². The molecule has 1 heterocycles. The summed E-state index contributed by atoms with van der Waals surface area (Å²) in [5.41, 5.74) is 5.20. The first-order valence-corrected chi connectivity index (χ1v) is 8.52. The molecule has 0 N–H and O–H groups in total. The van der Waals surface area contributed by atoms with Crippen molar-refractivity contribution in [1.29, 1.82) is 0 Å². The molecule has 0 saturated carbocycles. The SMILES string of the molecule is O=C1c2ccccc2/C(=C\Cc2ccccc2)N1Cc1ccccc1. The molecule has 1 aliphatic heterocycles. The minimum absolute atomic E-state index is 0.0822. The fourth-order valence-electron chi connectivity index (χ4n) is 3.26. The zero-order valence-corrected chi connectivity index (χ0v) is 13.9. The first-order chi connectivity index (χ1) is 12.3. The van der Waals surface area contributed by atoms with Gasteiger partial charge in [0.2, 0.25) is 0 Å². The fraction of sp³-hybridized carbons (Fsp3) is 0.0870. The van der Waals surface area contributed by atoms with Gasteiger partial charge < -0.3 is 4.90 Å². The summed E-state index contributed by atoms with van der Waals surface area (Å²) in [6, 6.07) is 28.3. The number of hydrogen-bond acceptors (Lipinski definition) is 1. The lowest BCUT2D eigenvalue weighted by atomic mass is 10.1. The number of carbonyl (C=O) groups is 1. The van der Waals surface area contributed by atoms with Crippen molar-refractivity contribution in [3.8, 4) is 0 Å². The Morgan fingerprint density at radius 1 is 0.680 bits per heavy atom. The van der Waals surface area contributed by atoms with Gasteiger partial charge in [0.25, 0.3) is 5.91 Å². The molecule has 2 nitrogen and oxygen atoms in total. The van der Waals surface area contributed by atoms with Crippen LogP contribution in [0.15, 0.2) is 91.0 Å². The molecule has 3 aromatic rings. The monoisotopic (exact) mass is 325 g/mol. The topological polar surface area (TPSA) is 20.3 Å². The van der Waals surface area contributed by atoms with Crippen LogP contribution >= 0.6 is 0 Å². The Morgan fingerprint density at radius 2 is 1.24 bits per heavy atom. The minimum Gasteiger partial charge on any atom is -0.304 e. The Hall–Kier alpha value is -3.13. The highest BCUT2D eigenvalue weighted by molar-refractivity contribution is 6.09. The highest BCUT2D eigenvalue weighted by Crippen LogP contribution is 2.34. The molecule has 0 unspecified atom stereocenters. The summed E-state index contributed by atoms with van der Waals surface area (Å²) in [5.74, 6) is 0.0822. The molecule has 25 heavy (non-hydrogen) atoms. The van der Waals surface area contributed by atoms with Crippen LogP contribution < -0.4 is 0 Å². The number of benzene rings is 3. The van der Waals surface area contributed by atoms with E-state index in [4.69, 9.17) is 0 Å². The van der Waals surface area contributed by atoms with E-state index in [-0.39, 0.29) is 5.91 Å². The normalized spacial score (nSPS) is 14.8. The predicted molar refractivity (Wildman–Crippen MR) is 101 cm³/mol. The molecular formula is C23H19NO. The van der Waals surface area contributed by atoms with Gasteiger partial charge in [0.05, 0.1) is 6.54 Å². The Morgan fingerprint density at radius 3 is 1.92 bits per heavy atom. The quantitative estimate of drug-likeness (QED) is 0.666. The molecule has 0 bridgehead atoms. The molecule has 0 radical (unpaired) electrons. The van der Waals surface area contributed by atoms with Gasteiger partial charge in [-0.1, -0.05) is 84.9 Å². The third-order valence-electron chi connectivity index (χ3n) is 4.53. The van der Waals surface area contributed by atoms with Crippen LogP contribution in [0.25, 0.3) is 5.70 Å². The second kappa shape index (κ2) is 6.78. The van der Waals surface area contributed by atoms with E-state index in [1.165, 1.54) is 5.56 Å². The smallest absolute Gasteiger partial charge is 0.259 e. The van der Waals surface area contributed by atoms with E-state index in [2.05, 4.69) is 30.3 Å². The van der Waals surface area contributed by atoms with Gasteiger partial charge in [-0.3, -0.25) is 4.79 Å². The molecule has 1 amide bonds. The third-order valence-corrected chi connectivity index (χ3v) is 4.53. The molecule has 0 spiro atoms. The second-order valence-electron chi connectivity index (χ2n) is 6.20. The minimum atomic E-state index is 0.0822. The van der Waals surface area contributed by atoms with Crippen molar-refractivity contribution in [3.63, 3.8) is 0 Å². The van der Waals surface area contributed by atoms with Crippen LogP contribution in [0.1, 0.15) is 27.0 Å². The van der Waals surface area contributed by atoms with Gasteiger partial charge in [-0.15, -0.1) is 0 Å². The predicted octanol–water partition coefficient (Wildman–Crippen LogP) is 4.93. The van der Waals surface area contributed by atoms with Crippen molar-refractivity contribution in [2.24, 2.45) is 0 Å². The maximum absolute atomic E-state index is 12.9. The lowest BCUT2D eigenvalue weighted by molar-refractivity contribution is 0.0843. The number of allylic oxidation sites excluding steroid dienone is 1. The standard InChI is InChI=1S/C23H19NO/c25-23-21-14-8-7-13-20(21)22(16-15-18-9-3-1-4-10-18)24(23)17-19-11-5-2-6-12-19/h1-14,16H,15,17H2/b22-16+. The molecule has 2 heteroatoms. The molecular weight excluding hydrogens is 306 g/mol. The van der Waals surface area contributed by atoms with Gasteiger partial charge in [-0.25, -0.2) is 0 Å². The number of hydrogen-bond donors (Lipinski definition) is 0. The van der Waals surface area contributed by atoms with Crippen molar-refractivity contribution in [3.05, 3.63) is 113 Å². The maximum atomic E-state index is 12.9. The molecule has 1 aliphatic rings. The number of carbonyl (C=O) groups excluding carboxylic acids is 1. The Balaban J connectivity index is 1.70. The lowest BCUT2D eigenvalue weighted by Crippen LogP contribution is -2.22. The van der Waals surface area contributed by atoms with Gasteiger partial charge >= 0.3 is 0 Å². The highest BCUT2D eigenvalue weighted by Gasteiger charge is 2.31. The van der Waals surface area contributed by atoms with Gasteiger partial charge in [0.15, 0.2) is 0 Å². The molecule has 3 aromatic carbocycles. The summed E-state index contributed by atoms with van der Waals surface area (Å²) in [6.45, 7) is 0.592. The summed E-state index contributed by atoms with van der Waals surface area (Å²) in [6.07, 6.45) is 2.98. The van der Waals surface area contributed by atoms with E-state index < -0.39 is 0 Å². The van der Waals surface area contributed by atoms with E-state index in [0.29, 0.717) is 6.54 Å². The molecule has 0 aliphatic carbocycles. The van der Waals surface area contributed by atoms with Gasteiger partial charge in [0.1, 0.15) is 0 Å². The number of nitrogens with zero attached hydrogens (tertiary/aromatic N) is 1. The third kappa shape index (κ3) is 3.11. The average molecular weight is 325 g/mol. The summed E-state index contributed by atoms with van der Waals surface area (Å²) < 4.78 is 0. The summed E-state index contributed by atoms with van der Waals surface area (Å²) in [5, 5.41) is 0. The molecule has 0 saturated heterocycles. The van der Waals surface area contributed by atoms with Crippen LogP contribution in [0.2, 0.25) is 0 Å². The van der Waals surface area contributed by atoms with Crippen molar-refractivity contribution in [1.82, 2.24) is 4.90 Å². The molecule has 0 atom stereocenters. The van der Waals surface area contributed by atoms with E-state index >= 15 is 0 Å². The van der Waals surface area contributed by atoms with Crippen molar-refractivity contribution in [2.45, 2.75) is 13.0 Å². The molecule has 0 aromatic heterocycles. The summed E-state index contributed by atoms with van der Waals surface area (Å²) in [7, 11) is 0. The first kappa shape index (κ1) is 15.4. The van der Waals surface area contributed by atoms with Crippen LogP contribution in [0, 0.1) is 0 Å². The van der Waals surface area contributed by atoms with Crippen molar-refractivity contribution < 1.29 is 4.79 Å². The number of amides is 1. The van der Waals surface area contributed by atoms with E-state index in [1.54, 1.807) is 0 Å². The number of rotatable bonds is 4. The molecule has 4 rings (SSSR count). The van der Waals surface area contributed by atoms with Crippen molar-refractivity contribution in [2.75, 3.05) is 0 Å². The van der Waals surface area contributed by atoms with Crippen LogP contribution in [-0.4, -0.2) is 10.8 Å². The van der Waals surface area contributed by atoms with E-state index in [0.717, 1.165) is 28.8 Å². The average Bonchev–Trinajstić information content (AvgIpc) is 2.94. The van der Waals surface area contributed by atoms with E-state index in [1.807, 2.05) is 65.6 Å². The zero-order valence-electron chi connectivity index (χ0n) is 13.9. The fourth-order valence-corrected chi connectivity index (χ4v) is 3.26. The van der Waals surface area contributed by atoms with Crippen LogP contribution in [0.3, 0.4) is 0 Å². The molecule has 0 fully saturated rings. The Kier molecular flexibility index (Phi) is 4.17. The lowest BCUT2D eigenvalue weighted by Gasteiger charge is -2.19. The van der Waals surface area contributed by atoms with Crippen LogP contribution in [0.4, 0.5) is 0 Å². The van der Waals surface area contributed by atoms with Crippen molar-refractivity contribution >= 4 is 11.6 Å². The van der Waals surface area contributed by atoms with Crippen LogP contribution in [-0.2, 0) is 13.0 Å². The van der Waals surface area contributed by atoms with Gasteiger partial charge in [0, 0.05) is 16.8 Å². The van der Waals surface area contributed by atoms with E-state index in [9.17, 15) is 4.79 Å². The highest BCUT2D eigenvalue weighted by atomic mass is 16.2. The molecule has 122 valence electrons. The van der Waals surface area contributed by atoms with Crippen LogP contribution in [0.5, 0.6) is 0 Å². The maximum Gasteiger partial charge on any atom is 0.259 e. The second-order valence-corrected chi connectivity index (χ2v) is 6.20. The van der Waals surface area contributed by atoms with Gasteiger partial charge in [-0.05, 0) is 23.6 Å².